The van der Waals surface area contributed by atoms with Crippen LogP contribution in [0.3, 0.4) is 0 Å². The topological polar surface area (TPSA) is 96.2 Å². The predicted octanol–water partition coefficient (Wildman–Crippen LogP) is 11.0. The van der Waals surface area contributed by atoms with E-state index in [1.807, 2.05) is 0 Å². The number of hydrogen-bond acceptors (Lipinski definition) is 6. The van der Waals surface area contributed by atoms with E-state index >= 15 is 0 Å². The fourth-order valence-corrected chi connectivity index (χ4v) is 5.51. The molecule has 0 aromatic heterocycles. The third-order valence-electron chi connectivity index (χ3n) is 8.55. The number of rotatable bonds is 35. The second-order valence-corrected chi connectivity index (χ2v) is 13.0. The SMILES string of the molecule is CCCCCCCC/C=C/CCCCCCCC(=O)OC(O)(OC=CCCCCCCCCCCCCCCCC)C(O)CO. The fraction of sp³-hybridized carbons (Fsp3) is 0.872. The zero-order chi connectivity index (χ0) is 33.1. The van der Waals surface area contributed by atoms with Gasteiger partial charge in [-0.3, -0.25) is 4.79 Å². The third kappa shape index (κ3) is 29.8. The van der Waals surface area contributed by atoms with Gasteiger partial charge in [-0.25, -0.2) is 0 Å². The van der Waals surface area contributed by atoms with Crippen LogP contribution in [0.25, 0.3) is 0 Å². The lowest BCUT2D eigenvalue weighted by molar-refractivity contribution is -0.362. The van der Waals surface area contributed by atoms with Crippen molar-refractivity contribution in [2.45, 2.75) is 212 Å². The molecule has 3 N–H and O–H groups in total. The summed E-state index contributed by atoms with van der Waals surface area (Å²) >= 11 is 0. The van der Waals surface area contributed by atoms with E-state index in [-0.39, 0.29) is 6.42 Å². The highest BCUT2D eigenvalue weighted by molar-refractivity contribution is 5.69. The van der Waals surface area contributed by atoms with Crippen LogP contribution in [-0.2, 0) is 14.3 Å². The molecule has 0 radical (unpaired) electrons. The molecule has 0 bridgehead atoms. The molecule has 0 aliphatic carbocycles. The molecule has 6 heteroatoms. The summed E-state index contributed by atoms with van der Waals surface area (Å²) in [5, 5.41) is 29.9. The first-order chi connectivity index (χ1) is 22.0. The summed E-state index contributed by atoms with van der Waals surface area (Å²) < 4.78 is 10.3. The first-order valence-electron chi connectivity index (χ1n) is 19.2. The Balaban J connectivity index is 3.86. The van der Waals surface area contributed by atoms with Gasteiger partial charge in [-0.05, 0) is 51.0 Å². The number of unbranched alkanes of at least 4 members (excludes halogenated alkanes) is 25. The number of aliphatic hydroxyl groups is 3. The van der Waals surface area contributed by atoms with E-state index in [2.05, 4.69) is 26.0 Å². The van der Waals surface area contributed by atoms with Gasteiger partial charge < -0.3 is 24.8 Å². The maximum absolute atomic E-state index is 12.3. The van der Waals surface area contributed by atoms with Gasteiger partial charge in [0.1, 0.15) is 0 Å². The van der Waals surface area contributed by atoms with Crippen molar-refractivity contribution < 1.29 is 29.6 Å². The zero-order valence-corrected chi connectivity index (χ0v) is 29.7. The van der Waals surface area contributed by atoms with Gasteiger partial charge in [-0.1, -0.05) is 161 Å². The molecular formula is C39H74O6. The summed E-state index contributed by atoms with van der Waals surface area (Å²) in [5.41, 5.74) is 0. The van der Waals surface area contributed by atoms with Gasteiger partial charge in [0.05, 0.1) is 12.9 Å². The molecule has 0 aromatic rings. The molecular weight excluding hydrogens is 564 g/mol. The van der Waals surface area contributed by atoms with E-state index in [0.717, 1.165) is 51.4 Å². The third-order valence-corrected chi connectivity index (χ3v) is 8.55. The van der Waals surface area contributed by atoms with Gasteiger partial charge in [0, 0.05) is 6.42 Å². The minimum atomic E-state index is -2.58. The molecule has 0 amide bonds. The minimum absolute atomic E-state index is 0.130. The molecule has 266 valence electrons. The zero-order valence-electron chi connectivity index (χ0n) is 29.7. The average molecular weight is 639 g/mol. The van der Waals surface area contributed by atoms with Crippen molar-refractivity contribution in [2.24, 2.45) is 0 Å². The monoisotopic (exact) mass is 639 g/mol. The van der Waals surface area contributed by atoms with E-state index in [9.17, 15) is 20.1 Å². The van der Waals surface area contributed by atoms with Crippen LogP contribution in [0, 0.1) is 0 Å². The molecule has 0 aromatic carbocycles. The van der Waals surface area contributed by atoms with Crippen molar-refractivity contribution in [1.82, 2.24) is 0 Å². The van der Waals surface area contributed by atoms with Crippen molar-refractivity contribution in [1.29, 1.82) is 0 Å². The van der Waals surface area contributed by atoms with Crippen molar-refractivity contribution in [2.75, 3.05) is 6.61 Å². The first-order valence-corrected chi connectivity index (χ1v) is 19.2. The largest absolute Gasteiger partial charge is 0.436 e. The highest BCUT2D eigenvalue weighted by Crippen LogP contribution is 2.19. The Morgan fingerprint density at radius 2 is 0.933 bits per heavy atom. The number of carbonyl (C=O) groups is 1. The molecule has 6 nitrogen and oxygen atoms in total. The lowest BCUT2D eigenvalue weighted by atomic mass is 10.0. The van der Waals surface area contributed by atoms with E-state index < -0.39 is 24.7 Å². The number of aliphatic hydroxyl groups excluding tert-OH is 2. The highest BCUT2D eigenvalue weighted by atomic mass is 16.8. The molecule has 0 aliphatic heterocycles. The lowest BCUT2D eigenvalue weighted by Crippen LogP contribution is -2.49. The number of allylic oxidation sites excluding steroid dienone is 3. The maximum Gasteiger partial charge on any atom is 0.400 e. The van der Waals surface area contributed by atoms with Crippen molar-refractivity contribution in [3.05, 3.63) is 24.5 Å². The summed E-state index contributed by atoms with van der Waals surface area (Å²) in [6.45, 7) is 3.73. The molecule has 0 saturated heterocycles. The quantitative estimate of drug-likeness (QED) is 0.0210. The molecule has 0 fully saturated rings. The number of hydrogen-bond donors (Lipinski definition) is 3. The van der Waals surface area contributed by atoms with Crippen LogP contribution in [0.1, 0.15) is 200 Å². The number of carbonyl (C=O) groups excluding carboxylic acids is 1. The predicted molar refractivity (Wildman–Crippen MR) is 189 cm³/mol. The number of esters is 1. The fourth-order valence-electron chi connectivity index (χ4n) is 5.51. The van der Waals surface area contributed by atoms with Crippen LogP contribution >= 0.6 is 0 Å². The summed E-state index contributed by atoms with van der Waals surface area (Å²) in [5.74, 6) is -3.23. The Bertz CT molecular complexity index is 678. The van der Waals surface area contributed by atoms with Gasteiger partial charge in [0.15, 0.2) is 6.10 Å². The standard InChI is InChI=1S/C39H74O6/c1-3-5-7-9-11-13-15-17-19-21-23-25-27-29-31-33-35-44-39(43,37(41)36-40)45-38(42)34-32-30-28-26-24-22-20-18-16-14-12-10-8-6-4-2/h18,20,33,35,37,40-41,43H,3-17,19,21-32,34,36H2,1-2H3/b20-18+,35-33?. The maximum atomic E-state index is 12.3. The Morgan fingerprint density at radius 1 is 0.578 bits per heavy atom. The molecule has 0 aliphatic rings. The van der Waals surface area contributed by atoms with Crippen molar-refractivity contribution >= 4 is 5.97 Å². The summed E-state index contributed by atoms with van der Waals surface area (Å²) in [6.07, 6.45) is 40.2. The van der Waals surface area contributed by atoms with Crippen LogP contribution in [0.5, 0.6) is 0 Å². The van der Waals surface area contributed by atoms with Gasteiger partial charge in [0.25, 0.3) is 0 Å². The Kier molecular flexibility index (Phi) is 32.9. The lowest BCUT2D eigenvalue weighted by Gasteiger charge is -2.29. The summed E-state index contributed by atoms with van der Waals surface area (Å²) in [6, 6.07) is 0. The molecule has 45 heavy (non-hydrogen) atoms. The van der Waals surface area contributed by atoms with E-state index in [0.29, 0.717) is 6.42 Å². The van der Waals surface area contributed by atoms with E-state index in [1.54, 1.807) is 6.08 Å². The second-order valence-electron chi connectivity index (χ2n) is 13.0. The summed E-state index contributed by atoms with van der Waals surface area (Å²) in [7, 11) is 0. The average Bonchev–Trinajstić information content (AvgIpc) is 3.03. The molecule has 2 unspecified atom stereocenters. The normalized spacial score (nSPS) is 13.9. The van der Waals surface area contributed by atoms with Crippen LogP contribution in [-0.4, -0.2) is 40.0 Å². The summed E-state index contributed by atoms with van der Waals surface area (Å²) in [4.78, 5) is 12.3. The number of ether oxygens (including phenoxy) is 2. The van der Waals surface area contributed by atoms with E-state index in [4.69, 9.17) is 9.47 Å². The Hall–Kier alpha value is -1.37. The van der Waals surface area contributed by atoms with Crippen LogP contribution in [0.4, 0.5) is 0 Å². The molecule has 0 heterocycles. The van der Waals surface area contributed by atoms with Gasteiger partial charge in [-0.2, -0.15) is 0 Å². The molecule has 2 atom stereocenters. The Morgan fingerprint density at radius 3 is 1.33 bits per heavy atom. The van der Waals surface area contributed by atoms with Gasteiger partial charge in [-0.15, -0.1) is 0 Å². The molecule has 0 saturated carbocycles. The van der Waals surface area contributed by atoms with E-state index in [1.165, 1.54) is 128 Å². The highest BCUT2D eigenvalue weighted by Gasteiger charge is 2.42. The second kappa shape index (κ2) is 34.0. The van der Waals surface area contributed by atoms with Crippen LogP contribution in [0.2, 0.25) is 0 Å². The van der Waals surface area contributed by atoms with Crippen molar-refractivity contribution in [3.63, 3.8) is 0 Å². The first kappa shape index (κ1) is 43.6. The van der Waals surface area contributed by atoms with Gasteiger partial charge in [0.2, 0.25) is 0 Å². The smallest absolute Gasteiger partial charge is 0.400 e. The molecule has 0 spiro atoms. The van der Waals surface area contributed by atoms with Crippen LogP contribution in [0.15, 0.2) is 24.5 Å². The molecule has 0 rings (SSSR count). The van der Waals surface area contributed by atoms with Crippen molar-refractivity contribution in [3.8, 4) is 0 Å². The minimum Gasteiger partial charge on any atom is -0.436 e. The van der Waals surface area contributed by atoms with Gasteiger partial charge >= 0.3 is 11.9 Å². The Labute approximate surface area is 278 Å². The van der Waals surface area contributed by atoms with Crippen LogP contribution < -0.4 is 0 Å².